The molecule has 1 unspecified atom stereocenters. The van der Waals surface area contributed by atoms with Crippen molar-refractivity contribution in [3.63, 3.8) is 0 Å². The van der Waals surface area contributed by atoms with Crippen molar-refractivity contribution in [2.24, 2.45) is 0 Å². The third-order valence-corrected chi connectivity index (χ3v) is 3.59. The summed E-state index contributed by atoms with van der Waals surface area (Å²) in [5, 5.41) is 16.7. The first-order valence-electron chi connectivity index (χ1n) is 6.79. The topological polar surface area (TPSA) is 63.0 Å². The summed E-state index contributed by atoms with van der Waals surface area (Å²) < 4.78 is 5.58. The lowest BCUT2D eigenvalue weighted by atomic mass is 10.1. The van der Waals surface area contributed by atoms with Gasteiger partial charge in [-0.05, 0) is 39.1 Å². The van der Waals surface area contributed by atoms with Crippen LogP contribution in [0, 0.1) is 0 Å². The maximum atomic E-state index is 5.58. The van der Waals surface area contributed by atoms with E-state index in [2.05, 4.69) is 66.0 Å². The highest BCUT2D eigenvalue weighted by Crippen LogP contribution is 2.14. The zero-order valence-electron chi connectivity index (χ0n) is 12.4. The van der Waals surface area contributed by atoms with E-state index in [9.17, 15) is 0 Å². The van der Waals surface area contributed by atoms with Crippen molar-refractivity contribution in [1.29, 1.82) is 0 Å². The number of hydrogen-bond donors (Lipinski definition) is 2. The number of hydrogen-bond acceptors (Lipinski definition) is 6. The summed E-state index contributed by atoms with van der Waals surface area (Å²) in [5.41, 5.74) is 0.0362. The Bertz CT molecular complexity index is 516. The van der Waals surface area contributed by atoms with Gasteiger partial charge in [0.25, 0.3) is 0 Å². The average Bonchev–Trinajstić information content (AvgIpc) is 2.97. The summed E-state index contributed by atoms with van der Waals surface area (Å²) in [4.78, 5) is 1.35. The van der Waals surface area contributed by atoms with Crippen LogP contribution in [0.3, 0.4) is 0 Å². The third-order valence-electron chi connectivity index (χ3n) is 2.69. The summed E-state index contributed by atoms with van der Waals surface area (Å²) in [6.07, 6.45) is 0.954. The lowest BCUT2D eigenvalue weighted by Crippen LogP contribution is -2.35. The Labute approximate surface area is 123 Å². The van der Waals surface area contributed by atoms with E-state index in [1.807, 2.05) is 0 Å². The van der Waals surface area contributed by atoms with Gasteiger partial charge in [-0.2, -0.15) is 0 Å². The van der Waals surface area contributed by atoms with Gasteiger partial charge in [0.1, 0.15) is 0 Å². The van der Waals surface area contributed by atoms with Crippen LogP contribution in [0.2, 0.25) is 0 Å². The van der Waals surface area contributed by atoms with Gasteiger partial charge in [-0.1, -0.05) is 11.2 Å². The van der Waals surface area contributed by atoms with Crippen LogP contribution in [0.5, 0.6) is 0 Å². The summed E-state index contributed by atoms with van der Waals surface area (Å²) in [6, 6.07) is 4.95. The minimum absolute atomic E-state index is 0.0362. The quantitative estimate of drug-likeness (QED) is 0.857. The molecule has 0 aliphatic rings. The Morgan fingerprint density at radius 2 is 2.15 bits per heavy atom. The predicted octanol–water partition coefficient (Wildman–Crippen LogP) is 3.06. The van der Waals surface area contributed by atoms with E-state index < -0.39 is 0 Å². The molecule has 6 heteroatoms. The molecule has 0 fully saturated rings. The molecule has 0 aromatic carbocycles. The van der Waals surface area contributed by atoms with E-state index >= 15 is 0 Å². The second-order valence-electron chi connectivity index (χ2n) is 5.93. The van der Waals surface area contributed by atoms with Gasteiger partial charge in [-0.3, -0.25) is 0 Å². The minimum Gasteiger partial charge on any atom is -0.407 e. The summed E-state index contributed by atoms with van der Waals surface area (Å²) in [6.45, 7) is 9.00. The van der Waals surface area contributed by atoms with Crippen LogP contribution < -0.4 is 10.6 Å². The Kier molecular flexibility index (Phi) is 4.77. The third kappa shape index (κ3) is 4.94. The maximum Gasteiger partial charge on any atom is 0.315 e. The van der Waals surface area contributed by atoms with Crippen molar-refractivity contribution in [2.45, 2.75) is 52.2 Å². The molecular weight excluding hydrogens is 272 g/mol. The van der Waals surface area contributed by atoms with Crippen molar-refractivity contribution in [1.82, 2.24) is 15.5 Å². The molecule has 2 aromatic heterocycles. The van der Waals surface area contributed by atoms with E-state index in [0.717, 1.165) is 6.42 Å². The summed E-state index contributed by atoms with van der Waals surface area (Å²) in [5.74, 6) is 0.603. The van der Waals surface area contributed by atoms with Gasteiger partial charge in [0.15, 0.2) is 0 Å². The van der Waals surface area contributed by atoms with Gasteiger partial charge in [-0.25, -0.2) is 0 Å². The number of aromatic nitrogens is 2. The first kappa shape index (κ1) is 15.0. The zero-order chi connectivity index (χ0) is 14.6. The van der Waals surface area contributed by atoms with Crippen LogP contribution in [0.1, 0.15) is 38.5 Å². The van der Waals surface area contributed by atoms with Crippen molar-refractivity contribution in [3.05, 3.63) is 28.3 Å². The van der Waals surface area contributed by atoms with Crippen LogP contribution in [0.4, 0.5) is 6.01 Å². The SMILES string of the molecule is CC(Cc1cccs1)Nc1nnc(CNC(C)(C)C)o1. The molecule has 110 valence electrons. The molecule has 0 amide bonds. The van der Waals surface area contributed by atoms with E-state index in [0.29, 0.717) is 18.5 Å². The highest BCUT2D eigenvalue weighted by atomic mass is 32.1. The highest BCUT2D eigenvalue weighted by Gasteiger charge is 2.13. The Hall–Kier alpha value is -1.40. The average molecular weight is 294 g/mol. The normalized spacial score (nSPS) is 13.4. The van der Waals surface area contributed by atoms with Gasteiger partial charge < -0.3 is 15.1 Å². The summed E-state index contributed by atoms with van der Waals surface area (Å²) in [7, 11) is 0. The lowest BCUT2D eigenvalue weighted by molar-refractivity contribution is 0.383. The number of rotatable bonds is 6. The van der Waals surface area contributed by atoms with Gasteiger partial charge in [0.2, 0.25) is 5.89 Å². The van der Waals surface area contributed by atoms with E-state index in [-0.39, 0.29) is 11.6 Å². The van der Waals surface area contributed by atoms with Crippen molar-refractivity contribution < 1.29 is 4.42 Å². The molecule has 2 rings (SSSR count). The van der Waals surface area contributed by atoms with Crippen LogP contribution in [0.15, 0.2) is 21.9 Å². The molecule has 2 heterocycles. The fourth-order valence-corrected chi connectivity index (χ4v) is 2.55. The fourth-order valence-electron chi connectivity index (χ4n) is 1.72. The van der Waals surface area contributed by atoms with Crippen molar-refractivity contribution in [3.8, 4) is 0 Å². The van der Waals surface area contributed by atoms with E-state index in [1.54, 1.807) is 11.3 Å². The van der Waals surface area contributed by atoms with Crippen molar-refractivity contribution in [2.75, 3.05) is 5.32 Å². The molecule has 20 heavy (non-hydrogen) atoms. The molecule has 0 radical (unpaired) electrons. The molecule has 0 saturated heterocycles. The van der Waals surface area contributed by atoms with Gasteiger partial charge in [0.05, 0.1) is 6.54 Å². The monoisotopic (exact) mass is 294 g/mol. The van der Waals surface area contributed by atoms with Crippen LogP contribution in [0.25, 0.3) is 0 Å². The smallest absolute Gasteiger partial charge is 0.315 e. The predicted molar refractivity (Wildman–Crippen MR) is 82.0 cm³/mol. The number of thiophene rings is 1. The first-order valence-corrected chi connectivity index (χ1v) is 7.67. The molecule has 0 aliphatic heterocycles. The largest absolute Gasteiger partial charge is 0.407 e. The standard InChI is InChI=1S/C14H22N4OS/c1-10(8-11-6-5-7-20-11)16-13-18-17-12(19-13)9-15-14(2,3)4/h5-7,10,15H,8-9H2,1-4H3,(H,16,18). The second-order valence-corrected chi connectivity index (χ2v) is 6.97. The molecule has 0 saturated carbocycles. The molecule has 5 nitrogen and oxygen atoms in total. The number of nitrogens with zero attached hydrogens (tertiary/aromatic N) is 2. The van der Waals surface area contributed by atoms with E-state index in [4.69, 9.17) is 4.42 Å². The molecule has 0 aliphatic carbocycles. The van der Waals surface area contributed by atoms with Crippen molar-refractivity contribution >= 4 is 17.4 Å². The van der Waals surface area contributed by atoms with Gasteiger partial charge >= 0.3 is 6.01 Å². The zero-order valence-corrected chi connectivity index (χ0v) is 13.3. The lowest BCUT2D eigenvalue weighted by Gasteiger charge is -2.18. The number of anilines is 1. The van der Waals surface area contributed by atoms with Crippen LogP contribution >= 0.6 is 11.3 Å². The Morgan fingerprint density at radius 1 is 1.35 bits per heavy atom. The molecule has 2 aromatic rings. The summed E-state index contributed by atoms with van der Waals surface area (Å²) >= 11 is 1.76. The van der Waals surface area contributed by atoms with Crippen LogP contribution in [-0.4, -0.2) is 21.8 Å². The fraction of sp³-hybridized carbons (Fsp3) is 0.571. The second kappa shape index (κ2) is 6.37. The number of nitrogens with one attached hydrogen (secondary N) is 2. The van der Waals surface area contributed by atoms with Gasteiger partial charge in [0, 0.05) is 22.9 Å². The molecule has 0 bridgehead atoms. The van der Waals surface area contributed by atoms with E-state index in [1.165, 1.54) is 4.88 Å². The Balaban J connectivity index is 1.83. The highest BCUT2D eigenvalue weighted by molar-refractivity contribution is 7.09. The first-order chi connectivity index (χ1) is 9.42. The molecular formula is C14H22N4OS. The Morgan fingerprint density at radius 3 is 2.80 bits per heavy atom. The van der Waals surface area contributed by atoms with Crippen LogP contribution in [-0.2, 0) is 13.0 Å². The van der Waals surface area contributed by atoms with Gasteiger partial charge in [-0.15, -0.1) is 16.4 Å². The minimum atomic E-state index is 0.0362. The molecule has 0 spiro atoms. The molecule has 1 atom stereocenters. The molecule has 2 N–H and O–H groups in total. The maximum absolute atomic E-state index is 5.58.